The largest absolute Gasteiger partial charge is 0.370 e. The summed E-state index contributed by atoms with van der Waals surface area (Å²) in [5.41, 5.74) is 6.53. The summed E-state index contributed by atoms with van der Waals surface area (Å²) in [5, 5.41) is 3.13. The molecule has 3 nitrogen and oxygen atoms in total. The van der Waals surface area contributed by atoms with Crippen molar-refractivity contribution in [3.05, 3.63) is 63.3 Å². The fourth-order valence-electron chi connectivity index (χ4n) is 1.75. The van der Waals surface area contributed by atoms with E-state index >= 15 is 0 Å². The lowest BCUT2D eigenvalue weighted by atomic mass is 10.1. The molecule has 0 spiro atoms. The van der Waals surface area contributed by atoms with Gasteiger partial charge in [-0.25, -0.2) is 4.39 Å². The average molecular weight is 358 g/mol. The second kappa shape index (κ2) is 6.24. The molecule has 2 aromatic carbocycles. The molecule has 6 heteroatoms. The third kappa shape index (κ3) is 3.49. The molecular weight excluding hydrogens is 347 g/mol. The molecule has 0 fully saturated rings. The highest BCUT2D eigenvalue weighted by molar-refractivity contribution is 9.10. The van der Waals surface area contributed by atoms with Gasteiger partial charge in [0.2, 0.25) is 5.91 Å². The summed E-state index contributed by atoms with van der Waals surface area (Å²) in [6.45, 7) is 0. The second-order valence-electron chi connectivity index (χ2n) is 4.15. The van der Waals surface area contributed by atoms with Crippen molar-refractivity contribution in [3.63, 3.8) is 0 Å². The van der Waals surface area contributed by atoms with Gasteiger partial charge in [0.25, 0.3) is 0 Å². The number of halogens is 3. The van der Waals surface area contributed by atoms with E-state index in [-0.39, 0.29) is 5.02 Å². The number of anilines is 1. The van der Waals surface area contributed by atoms with Crippen LogP contribution >= 0.6 is 27.5 Å². The van der Waals surface area contributed by atoms with Crippen LogP contribution < -0.4 is 11.1 Å². The second-order valence-corrected chi connectivity index (χ2v) is 5.48. The first-order chi connectivity index (χ1) is 9.47. The molecule has 2 aromatic rings. The average Bonchev–Trinajstić information content (AvgIpc) is 2.39. The first-order valence-electron chi connectivity index (χ1n) is 5.74. The summed E-state index contributed by atoms with van der Waals surface area (Å²) in [7, 11) is 0. The van der Waals surface area contributed by atoms with Gasteiger partial charge in [-0.1, -0.05) is 33.6 Å². The van der Waals surface area contributed by atoms with Gasteiger partial charge < -0.3 is 11.1 Å². The van der Waals surface area contributed by atoms with Crippen LogP contribution in [-0.2, 0) is 4.79 Å². The minimum absolute atomic E-state index is 0.151. The fraction of sp³-hybridized carbons (Fsp3) is 0.0714. The van der Waals surface area contributed by atoms with E-state index in [4.69, 9.17) is 17.3 Å². The smallest absolute Gasteiger partial charge is 0.244 e. The van der Waals surface area contributed by atoms with E-state index < -0.39 is 17.8 Å². The number of nitrogens with one attached hydrogen (secondary N) is 1. The molecule has 0 saturated carbocycles. The highest BCUT2D eigenvalue weighted by Crippen LogP contribution is 2.27. The summed E-state index contributed by atoms with van der Waals surface area (Å²) >= 11 is 9.29. The Morgan fingerprint density at radius 1 is 1.25 bits per heavy atom. The Balaban J connectivity index is 2.31. The maximum atomic E-state index is 13.1. The maximum Gasteiger partial charge on any atom is 0.244 e. The lowest BCUT2D eigenvalue weighted by Gasteiger charge is -2.18. The van der Waals surface area contributed by atoms with Crippen molar-refractivity contribution in [1.29, 1.82) is 0 Å². The fourth-order valence-corrected chi connectivity index (χ4v) is 2.29. The zero-order valence-corrected chi connectivity index (χ0v) is 12.6. The summed E-state index contributed by atoms with van der Waals surface area (Å²) in [5.74, 6) is -1.06. The molecule has 0 saturated heterocycles. The van der Waals surface area contributed by atoms with Gasteiger partial charge in [-0.05, 0) is 36.4 Å². The summed E-state index contributed by atoms with van der Waals surface area (Å²) in [6.07, 6.45) is 0. The van der Waals surface area contributed by atoms with Gasteiger partial charge in [-0.2, -0.15) is 0 Å². The number of rotatable bonds is 4. The summed E-state index contributed by atoms with van der Waals surface area (Å²) in [6, 6.07) is 10.2. The van der Waals surface area contributed by atoms with Gasteiger partial charge >= 0.3 is 0 Å². The Morgan fingerprint density at radius 3 is 2.45 bits per heavy atom. The van der Waals surface area contributed by atoms with Crippen LogP contribution in [-0.4, -0.2) is 5.91 Å². The van der Waals surface area contributed by atoms with E-state index in [0.717, 1.165) is 10.5 Å². The molecule has 3 N–H and O–H groups in total. The Kier molecular flexibility index (Phi) is 4.62. The lowest BCUT2D eigenvalue weighted by molar-refractivity contribution is -0.118. The Labute approximate surface area is 129 Å². The van der Waals surface area contributed by atoms with E-state index in [1.165, 1.54) is 12.1 Å². The maximum absolute atomic E-state index is 13.1. The standard InChI is InChI=1S/C14H11BrClFN2O/c15-8-1-4-10(5-2-8)19-13(14(18)20)11-6-3-9(17)7-12(11)16/h1-7,13,19H,(H2,18,20). The number of amides is 1. The van der Waals surface area contributed by atoms with E-state index in [0.29, 0.717) is 11.3 Å². The Bertz CT molecular complexity index is 634. The van der Waals surface area contributed by atoms with E-state index in [9.17, 15) is 9.18 Å². The summed E-state index contributed by atoms with van der Waals surface area (Å²) < 4.78 is 14.0. The molecule has 2 rings (SSSR count). The topological polar surface area (TPSA) is 55.1 Å². The molecular formula is C14H11BrClFN2O. The molecule has 20 heavy (non-hydrogen) atoms. The highest BCUT2D eigenvalue weighted by Gasteiger charge is 2.20. The summed E-state index contributed by atoms with van der Waals surface area (Å²) in [4.78, 5) is 11.6. The highest BCUT2D eigenvalue weighted by atomic mass is 79.9. The van der Waals surface area contributed by atoms with Crippen molar-refractivity contribution in [2.45, 2.75) is 6.04 Å². The third-order valence-electron chi connectivity index (χ3n) is 2.71. The predicted octanol–water partition coefficient (Wildman–Crippen LogP) is 3.88. The van der Waals surface area contributed by atoms with Crippen molar-refractivity contribution < 1.29 is 9.18 Å². The van der Waals surface area contributed by atoms with Gasteiger partial charge in [0.15, 0.2) is 0 Å². The molecule has 0 heterocycles. The van der Waals surface area contributed by atoms with Gasteiger partial charge in [0.05, 0.1) is 0 Å². The third-order valence-corrected chi connectivity index (χ3v) is 3.57. The van der Waals surface area contributed by atoms with Gasteiger partial charge in [-0.3, -0.25) is 4.79 Å². The molecule has 1 unspecified atom stereocenters. The quantitative estimate of drug-likeness (QED) is 0.872. The van der Waals surface area contributed by atoms with Crippen LogP contribution in [0.25, 0.3) is 0 Å². The van der Waals surface area contributed by atoms with Crippen LogP contribution in [0.15, 0.2) is 46.9 Å². The molecule has 0 aliphatic heterocycles. The Morgan fingerprint density at radius 2 is 1.90 bits per heavy atom. The minimum atomic E-state index is -0.829. The molecule has 0 radical (unpaired) electrons. The molecule has 1 amide bonds. The molecule has 0 aliphatic rings. The zero-order chi connectivity index (χ0) is 14.7. The van der Waals surface area contributed by atoms with Gasteiger partial charge in [0, 0.05) is 20.7 Å². The van der Waals surface area contributed by atoms with Crippen LogP contribution in [0.1, 0.15) is 11.6 Å². The first kappa shape index (κ1) is 14.8. The first-order valence-corrected chi connectivity index (χ1v) is 6.91. The van der Waals surface area contributed by atoms with Crippen LogP contribution in [0, 0.1) is 5.82 Å². The molecule has 0 aliphatic carbocycles. The molecule has 1 atom stereocenters. The number of nitrogens with two attached hydrogens (primary N) is 1. The minimum Gasteiger partial charge on any atom is -0.370 e. The number of carbonyl (C=O) groups is 1. The lowest BCUT2D eigenvalue weighted by Crippen LogP contribution is -2.28. The number of hydrogen-bond acceptors (Lipinski definition) is 2. The van der Waals surface area contributed by atoms with Crippen molar-refractivity contribution in [2.24, 2.45) is 5.73 Å². The van der Waals surface area contributed by atoms with Gasteiger partial charge in [0.1, 0.15) is 11.9 Å². The van der Waals surface area contributed by atoms with Crippen molar-refractivity contribution in [2.75, 3.05) is 5.32 Å². The van der Waals surface area contributed by atoms with Crippen molar-refractivity contribution in [1.82, 2.24) is 0 Å². The number of primary amides is 1. The molecule has 0 bridgehead atoms. The number of benzene rings is 2. The van der Waals surface area contributed by atoms with Crippen LogP contribution in [0.4, 0.5) is 10.1 Å². The predicted molar refractivity (Wildman–Crippen MR) is 81.1 cm³/mol. The Hall–Kier alpha value is -1.59. The number of carbonyl (C=O) groups excluding carboxylic acids is 1. The zero-order valence-electron chi connectivity index (χ0n) is 10.2. The van der Waals surface area contributed by atoms with Crippen molar-refractivity contribution in [3.8, 4) is 0 Å². The number of hydrogen-bond donors (Lipinski definition) is 2. The molecule has 0 aromatic heterocycles. The molecule has 104 valence electrons. The van der Waals surface area contributed by atoms with Crippen molar-refractivity contribution >= 4 is 39.1 Å². The van der Waals surface area contributed by atoms with E-state index in [1.54, 1.807) is 12.1 Å². The van der Waals surface area contributed by atoms with Gasteiger partial charge in [-0.15, -0.1) is 0 Å². The SMILES string of the molecule is NC(=O)C(Nc1ccc(Br)cc1)c1ccc(F)cc1Cl. The van der Waals surface area contributed by atoms with E-state index in [1.807, 2.05) is 12.1 Å². The van der Waals surface area contributed by atoms with E-state index in [2.05, 4.69) is 21.2 Å². The van der Waals surface area contributed by atoms with Crippen LogP contribution in [0.3, 0.4) is 0 Å². The monoisotopic (exact) mass is 356 g/mol. The van der Waals surface area contributed by atoms with Crippen LogP contribution in [0.2, 0.25) is 5.02 Å². The normalized spacial score (nSPS) is 11.9. The van der Waals surface area contributed by atoms with Crippen LogP contribution in [0.5, 0.6) is 0 Å².